The van der Waals surface area contributed by atoms with E-state index >= 15 is 0 Å². The number of anilines is 2. The Morgan fingerprint density at radius 1 is 0.896 bits per heavy atom. The number of para-hydroxylation sites is 1. The van der Waals surface area contributed by atoms with Gasteiger partial charge in [0, 0.05) is 41.8 Å². The Labute approximate surface area is 280 Å². The van der Waals surface area contributed by atoms with Gasteiger partial charge in [-0.15, -0.1) is 0 Å². The van der Waals surface area contributed by atoms with Crippen molar-refractivity contribution >= 4 is 43.9 Å². The number of hydrogen-bond donors (Lipinski definition) is 2. The van der Waals surface area contributed by atoms with E-state index in [4.69, 9.17) is 14.2 Å². The number of ether oxygens (including phenoxy) is 3. The average molecular weight is 673 g/mol. The number of hydrogen-bond acceptors (Lipinski definition) is 9. The molecule has 4 aromatic rings. The Hall–Kier alpha value is -4.68. The van der Waals surface area contributed by atoms with Gasteiger partial charge in [-0.3, -0.25) is 14.6 Å². The third-order valence-electron chi connectivity index (χ3n) is 8.94. The Balaban J connectivity index is 1.06. The number of rotatable bonds is 13. The lowest BCUT2D eigenvalue weighted by atomic mass is 9.98. The van der Waals surface area contributed by atoms with Gasteiger partial charge in [-0.25, -0.2) is 8.42 Å². The maximum absolute atomic E-state index is 13.1. The fourth-order valence-electron chi connectivity index (χ4n) is 5.81. The van der Waals surface area contributed by atoms with Gasteiger partial charge in [-0.2, -0.15) is 0 Å². The lowest BCUT2D eigenvalue weighted by Gasteiger charge is -2.31. The first-order valence-electron chi connectivity index (χ1n) is 16.1. The molecule has 0 radical (unpaired) electrons. The van der Waals surface area contributed by atoms with Crippen molar-refractivity contribution in [2.45, 2.75) is 25.7 Å². The molecule has 2 aliphatic rings. The first-order valence-corrected chi connectivity index (χ1v) is 18.1. The second-order valence-electron chi connectivity index (χ2n) is 12.5. The van der Waals surface area contributed by atoms with E-state index < -0.39 is 15.3 Å². The Morgan fingerprint density at radius 2 is 1.56 bits per heavy atom. The van der Waals surface area contributed by atoms with Crippen LogP contribution in [-0.4, -0.2) is 75.5 Å². The summed E-state index contributed by atoms with van der Waals surface area (Å²) in [6.07, 6.45) is 5.81. The Kier molecular flexibility index (Phi) is 9.83. The van der Waals surface area contributed by atoms with Crippen molar-refractivity contribution in [2.24, 2.45) is 11.3 Å². The van der Waals surface area contributed by atoms with Crippen molar-refractivity contribution in [3.05, 3.63) is 79.0 Å². The molecule has 3 aromatic carbocycles. The van der Waals surface area contributed by atoms with Gasteiger partial charge in [-0.1, -0.05) is 18.2 Å². The average Bonchev–Trinajstić information content (AvgIpc) is 3.90. The van der Waals surface area contributed by atoms with Crippen molar-refractivity contribution in [2.75, 3.05) is 56.0 Å². The fraction of sp³-hybridized carbons (Fsp3) is 0.361. The molecule has 48 heavy (non-hydrogen) atoms. The monoisotopic (exact) mass is 672 g/mol. The molecule has 2 N–H and O–H groups in total. The number of aromatic nitrogens is 1. The summed E-state index contributed by atoms with van der Waals surface area (Å²) in [4.78, 5) is 32.7. The highest BCUT2D eigenvalue weighted by atomic mass is 32.2. The van der Waals surface area contributed by atoms with Gasteiger partial charge >= 0.3 is 0 Å². The van der Waals surface area contributed by atoms with Gasteiger partial charge in [0.25, 0.3) is 0 Å². The van der Waals surface area contributed by atoms with Gasteiger partial charge in [0.15, 0.2) is 11.5 Å². The first kappa shape index (κ1) is 33.2. The maximum atomic E-state index is 13.1. The molecule has 0 unspecified atom stereocenters. The van der Waals surface area contributed by atoms with Crippen LogP contribution in [0.25, 0.3) is 10.9 Å². The molecule has 0 spiro atoms. The predicted octanol–water partition coefficient (Wildman–Crippen LogP) is 5.53. The zero-order valence-electron chi connectivity index (χ0n) is 27.1. The third kappa shape index (κ3) is 8.06. The van der Waals surface area contributed by atoms with Gasteiger partial charge in [0.1, 0.15) is 26.8 Å². The minimum Gasteiger partial charge on any atom is -0.493 e. The molecule has 2 fully saturated rings. The molecule has 1 saturated carbocycles. The second-order valence-corrected chi connectivity index (χ2v) is 14.8. The van der Waals surface area contributed by atoms with Gasteiger partial charge in [0.2, 0.25) is 11.8 Å². The molecule has 0 atom stereocenters. The first-order chi connectivity index (χ1) is 23.1. The normalized spacial score (nSPS) is 16.2. The standard InChI is InChI=1S/C36H40N4O7S/c1-45-32-22-29-30(23-33(32)46-24-25-13-18-40(19-14-25)20-21-48(2,43)44)37-17-12-31(29)47-28-10-8-27(9-11-28)39-35(42)36(15-16-36)34(41)38-26-6-4-3-5-7-26/h3-12,17,22-23,25H,13-16,18-21,24H2,1-2H3,(H,38,41)(H,39,42). The number of benzene rings is 3. The number of sulfone groups is 1. The van der Waals surface area contributed by atoms with E-state index in [1.807, 2.05) is 30.3 Å². The molecule has 11 nitrogen and oxygen atoms in total. The third-order valence-corrected chi connectivity index (χ3v) is 9.86. The Bertz CT molecular complexity index is 1870. The summed E-state index contributed by atoms with van der Waals surface area (Å²) in [7, 11) is -1.38. The number of fused-ring (bicyclic) bond motifs is 1. The summed E-state index contributed by atoms with van der Waals surface area (Å²) >= 11 is 0. The molecule has 1 aromatic heterocycles. The van der Waals surface area contributed by atoms with Gasteiger partial charge in [0.05, 0.1) is 25.0 Å². The number of carbonyl (C=O) groups is 2. The van der Waals surface area contributed by atoms with Crippen LogP contribution in [0.5, 0.6) is 23.0 Å². The number of piperidine rings is 1. The van der Waals surface area contributed by atoms with Crippen LogP contribution in [0, 0.1) is 11.3 Å². The van der Waals surface area contributed by atoms with Crippen LogP contribution in [0.15, 0.2) is 79.0 Å². The van der Waals surface area contributed by atoms with Crippen molar-refractivity contribution in [1.82, 2.24) is 9.88 Å². The summed E-state index contributed by atoms with van der Waals surface area (Å²) in [5.41, 5.74) is 0.840. The highest BCUT2D eigenvalue weighted by Crippen LogP contribution is 2.47. The summed E-state index contributed by atoms with van der Waals surface area (Å²) in [5.74, 6) is 2.21. The smallest absolute Gasteiger partial charge is 0.240 e. The molecular weight excluding hydrogens is 632 g/mol. The Morgan fingerprint density at radius 3 is 2.19 bits per heavy atom. The van der Waals surface area contributed by atoms with Crippen LogP contribution < -0.4 is 24.8 Å². The molecule has 1 aliphatic heterocycles. The quantitative estimate of drug-likeness (QED) is 0.176. The van der Waals surface area contributed by atoms with E-state index in [-0.39, 0.29) is 17.6 Å². The number of methoxy groups -OCH3 is 1. The number of amides is 2. The lowest BCUT2D eigenvalue weighted by molar-refractivity contribution is -0.131. The highest BCUT2D eigenvalue weighted by molar-refractivity contribution is 7.90. The van der Waals surface area contributed by atoms with E-state index in [2.05, 4.69) is 20.5 Å². The summed E-state index contributed by atoms with van der Waals surface area (Å²) in [6.45, 7) is 2.79. The minimum absolute atomic E-state index is 0.183. The minimum atomic E-state index is -2.97. The SMILES string of the molecule is COc1cc2c(Oc3ccc(NC(=O)C4(C(=O)Nc5ccccc5)CC4)cc3)ccnc2cc1OCC1CCN(CCS(C)(=O)=O)CC1. The molecule has 12 heteroatoms. The molecule has 2 amide bonds. The van der Waals surface area contributed by atoms with Crippen molar-refractivity contribution in [3.8, 4) is 23.0 Å². The van der Waals surface area contributed by atoms with Crippen LogP contribution in [0.4, 0.5) is 11.4 Å². The summed E-state index contributed by atoms with van der Waals surface area (Å²) in [5, 5.41) is 6.48. The molecule has 6 rings (SSSR count). The van der Waals surface area contributed by atoms with Crippen LogP contribution in [0.3, 0.4) is 0 Å². The highest BCUT2D eigenvalue weighted by Gasteiger charge is 2.56. The maximum Gasteiger partial charge on any atom is 0.240 e. The van der Waals surface area contributed by atoms with Crippen molar-refractivity contribution in [1.29, 1.82) is 0 Å². The molecule has 2 heterocycles. The lowest BCUT2D eigenvalue weighted by Crippen LogP contribution is -2.38. The number of carbonyl (C=O) groups excluding carboxylic acids is 2. The summed E-state index contributed by atoms with van der Waals surface area (Å²) in [6, 6.07) is 21.6. The van der Waals surface area contributed by atoms with Crippen LogP contribution >= 0.6 is 0 Å². The molecule has 1 aliphatic carbocycles. The van der Waals surface area contributed by atoms with E-state index in [9.17, 15) is 18.0 Å². The van der Waals surface area contributed by atoms with Crippen molar-refractivity contribution in [3.63, 3.8) is 0 Å². The topological polar surface area (TPSA) is 136 Å². The molecular formula is C36H40N4O7S. The molecule has 252 valence electrons. The molecule has 0 bridgehead atoms. The number of nitrogens with zero attached hydrogens (tertiary/aromatic N) is 2. The van der Waals surface area contributed by atoms with Gasteiger partial charge in [-0.05, 0) is 93.2 Å². The van der Waals surface area contributed by atoms with Crippen LogP contribution in [0.1, 0.15) is 25.7 Å². The number of likely N-dealkylation sites (tertiary alicyclic amines) is 1. The van der Waals surface area contributed by atoms with E-state index in [1.165, 1.54) is 6.26 Å². The van der Waals surface area contributed by atoms with Gasteiger partial charge < -0.3 is 29.7 Å². The zero-order chi connectivity index (χ0) is 33.7. The number of pyridine rings is 1. The summed E-state index contributed by atoms with van der Waals surface area (Å²) < 4.78 is 41.1. The predicted molar refractivity (Wildman–Crippen MR) is 185 cm³/mol. The number of nitrogens with one attached hydrogen (secondary N) is 2. The van der Waals surface area contributed by atoms with E-state index in [1.54, 1.807) is 55.8 Å². The van der Waals surface area contributed by atoms with Crippen LogP contribution in [-0.2, 0) is 19.4 Å². The van der Waals surface area contributed by atoms with Crippen molar-refractivity contribution < 1.29 is 32.2 Å². The van der Waals surface area contributed by atoms with Crippen LogP contribution in [0.2, 0.25) is 0 Å². The molecule has 1 saturated heterocycles. The fourth-order valence-corrected chi connectivity index (χ4v) is 6.40. The van der Waals surface area contributed by atoms with E-state index in [0.29, 0.717) is 71.8 Å². The zero-order valence-corrected chi connectivity index (χ0v) is 27.9. The largest absolute Gasteiger partial charge is 0.493 e. The second kappa shape index (κ2) is 14.2. The van der Waals surface area contributed by atoms with E-state index in [0.717, 1.165) is 31.3 Å².